The Morgan fingerprint density at radius 1 is 1.12 bits per heavy atom. The Balaban J connectivity index is 1.73. The normalized spacial score (nSPS) is 11.0. The Morgan fingerprint density at radius 2 is 1.92 bits per heavy atom. The Morgan fingerprint density at radius 3 is 2.64 bits per heavy atom. The number of aromatic nitrogens is 2. The molecular weight excluding hydrogens is 354 g/mol. The average molecular weight is 376 g/mol. The van der Waals surface area contributed by atoms with Gasteiger partial charge in [-0.05, 0) is 25.5 Å². The molecule has 0 radical (unpaired) electrons. The fourth-order valence-corrected chi connectivity index (χ4v) is 4.54. The largest absolute Gasteiger partial charge is 0.497 e. The van der Waals surface area contributed by atoms with Gasteiger partial charge in [-0.1, -0.05) is 6.07 Å². The highest BCUT2D eigenvalue weighted by atomic mass is 32.2. The van der Waals surface area contributed by atoms with E-state index in [-0.39, 0.29) is 0 Å². The molecule has 1 aromatic carbocycles. The molecule has 3 aromatic rings. The lowest BCUT2D eigenvalue weighted by Gasteiger charge is -2.10. The predicted molar refractivity (Wildman–Crippen MR) is 106 cm³/mol. The number of nitrogens with two attached hydrogens (primary N) is 1. The molecule has 3 rings (SSSR count). The molecule has 2 aromatic heterocycles. The van der Waals surface area contributed by atoms with Crippen LogP contribution in [0.15, 0.2) is 18.2 Å². The standard InChI is InChI=1S/C18H21N3O2S2/c1-10-11(2)25-18-16(10)17(19)20-15(21-18)9-24-8-12-5-6-13(22-3)7-14(12)23-4/h5-7H,8-9H2,1-4H3,(H2,19,20,21). The molecule has 25 heavy (non-hydrogen) atoms. The van der Waals surface area contributed by atoms with E-state index < -0.39 is 0 Å². The Labute approximate surface area is 155 Å². The SMILES string of the molecule is COc1ccc(CSCc2nc(N)c3c(C)c(C)sc3n2)c(OC)c1. The van der Waals surface area contributed by atoms with Gasteiger partial charge in [-0.25, -0.2) is 9.97 Å². The molecule has 0 bridgehead atoms. The van der Waals surface area contributed by atoms with Crippen LogP contribution >= 0.6 is 23.1 Å². The lowest BCUT2D eigenvalue weighted by Crippen LogP contribution is -1.99. The van der Waals surface area contributed by atoms with Crippen molar-refractivity contribution in [2.75, 3.05) is 20.0 Å². The van der Waals surface area contributed by atoms with Crippen LogP contribution in [0, 0.1) is 13.8 Å². The van der Waals surface area contributed by atoms with E-state index in [1.165, 1.54) is 10.4 Å². The second kappa shape index (κ2) is 7.49. The Hall–Kier alpha value is -1.99. The molecule has 5 nitrogen and oxygen atoms in total. The van der Waals surface area contributed by atoms with Crippen molar-refractivity contribution in [3.05, 3.63) is 40.0 Å². The molecule has 0 saturated carbocycles. The molecule has 0 aliphatic carbocycles. The van der Waals surface area contributed by atoms with Gasteiger partial charge in [0.05, 0.1) is 25.4 Å². The van der Waals surface area contributed by atoms with Crippen molar-refractivity contribution in [2.45, 2.75) is 25.4 Å². The Bertz CT molecular complexity index is 909. The first-order valence-electron chi connectivity index (χ1n) is 7.84. The summed E-state index contributed by atoms with van der Waals surface area (Å²) >= 11 is 3.41. The maximum atomic E-state index is 6.14. The van der Waals surface area contributed by atoms with E-state index in [1.807, 2.05) is 18.2 Å². The third kappa shape index (κ3) is 3.67. The summed E-state index contributed by atoms with van der Waals surface area (Å²) in [6, 6.07) is 5.86. The molecular formula is C18H21N3O2S2. The summed E-state index contributed by atoms with van der Waals surface area (Å²) in [6.45, 7) is 4.16. The van der Waals surface area contributed by atoms with Crippen LogP contribution in [-0.4, -0.2) is 24.2 Å². The maximum Gasteiger partial charge on any atom is 0.142 e. The van der Waals surface area contributed by atoms with Gasteiger partial charge in [-0.2, -0.15) is 0 Å². The summed E-state index contributed by atoms with van der Waals surface area (Å²) in [6.07, 6.45) is 0. The lowest BCUT2D eigenvalue weighted by molar-refractivity contribution is 0.392. The van der Waals surface area contributed by atoms with Gasteiger partial charge in [0.1, 0.15) is 28.0 Å². The van der Waals surface area contributed by atoms with E-state index in [0.717, 1.165) is 38.9 Å². The van der Waals surface area contributed by atoms with Crippen molar-refractivity contribution in [3.63, 3.8) is 0 Å². The van der Waals surface area contributed by atoms with Crippen molar-refractivity contribution in [2.24, 2.45) is 0 Å². The number of nitrogens with zero attached hydrogens (tertiary/aromatic N) is 2. The summed E-state index contributed by atoms with van der Waals surface area (Å²) < 4.78 is 10.7. The topological polar surface area (TPSA) is 70.3 Å². The molecule has 0 amide bonds. The predicted octanol–water partition coefficient (Wildman–Crippen LogP) is 4.34. The van der Waals surface area contributed by atoms with Crippen molar-refractivity contribution in [1.82, 2.24) is 9.97 Å². The zero-order valence-electron chi connectivity index (χ0n) is 14.8. The molecule has 7 heteroatoms. The molecule has 0 fully saturated rings. The highest BCUT2D eigenvalue weighted by molar-refractivity contribution is 7.97. The molecule has 0 atom stereocenters. The summed E-state index contributed by atoms with van der Waals surface area (Å²) in [5.74, 6) is 4.46. The highest BCUT2D eigenvalue weighted by Crippen LogP contribution is 2.33. The van der Waals surface area contributed by atoms with Crippen LogP contribution in [0.5, 0.6) is 11.5 Å². The third-order valence-corrected chi connectivity index (χ3v) is 6.16. The van der Waals surface area contributed by atoms with Crippen molar-refractivity contribution >= 4 is 39.1 Å². The van der Waals surface area contributed by atoms with Crippen LogP contribution in [0.3, 0.4) is 0 Å². The van der Waals surface area contributed by atoms with Crippen LogP contribution < -0.4 is 15.2 Å². The van der Waals surface area contributed by atoms with Gasteiger partial charge in [-0.3, -0.25) is 0 Å². The van der Waals surface area contributed by atoms with Crippen LogP contribution in [0.2, 0.25) is 0 Å². The number of thioether (sulfide) groups is 1. The van der Waals surface area contributed by atoms with Gasteiger partial charge in [0.15, 0.2) is 0 Å². The lowest BCUT2D eigenvalue weighted by atomic mass is 10.2. The first-order chi connectivity index (χ1) is 12.0. The molecule has 2 N–H and O–H groups in total. The number of rotatable bonds is 6. The number of fused-ring (bicyclic) bond motifs is 1. The first-order valence-corrected chi connectivity index (χ1v) is 9.81. The number of benzene rings is 1. The fourth-order valence-electron chi connectivity index (χ4n) is 2.61. The summed E-state index contributed by atoms with van der Waals surface area (Å²) in [7, 11) is 3.32. The van der Waals surface area contributed by atoms with Gasteiger partial charge in [0.25, 0.3) is 0 Å². The number of methoxy groups -OCH3 is 2. The van der Waals surface area contributed by atoms with E-state index in [0.29, 0.717) is 11.6 Å². The third-order valence-electron chi connectivity index (χ3n) is 4.09. The number of hydrogen-bond acceptors (Lipinski definition) is 7. The molecule has 0 aliphatic heterocycles. The van der Waals surface area contributed by atoms with Crippen molar-refractivity contribution in [3.8, 4) is 11.5 Å². The zero-order chi connectivity index (χ0) is 18.0. The van der Waals surface area contributed by atoms with Gasteiger partial charge in [0, 0.05) is 22.3 Å². The monoisotopic (exact) mass is 375 g/mol. The number of ether oxygens (including phenoxy) is 2. The quantitative estimate of drug-likeness (QED) is 0.691. The van der Waals surface area contributed by atoms with Crippen LogP contribution in [0.4, 0.5) is 5.82 Å². The zero-order valence-corrected chi connectivity index (χ0v) is 16.4. The van der Waals surface area contributed by atoms with Crippen molar-refractivity contribution < 1.29 is 9.47 Å². The van der Waals surface area contributed by atoms with Gasteiger partial charge in [0.2, 0.25) is 0 Å². The number of aryl methyl sites for hydroxylation is 2. The molecule has 132 valence electrons. The van der Waals surface area contributed by atoms with E-state index in [2.05, 4.69) is 23.8 Å². The van der Waals surface area contributed by atoms with Crippen LogP contribution in [0.1, 0.15) is 21.8 Å². The minimum atomic E-state index is 0.574. The number of anilines is 1. The summed E-state index contributed by atoms with van der Waals surface area (Å²) in [4.78, 5) is 11.4. The minimum absolute atomic E-state index is 0.574. The van der Waals surface area contributed by atoms with Crippen LogP contribution in [0.25, 0.3) is 10.2 Å². The number of hydrogen-bond donors (Lipinski definition) is 1. The van der Waals surface area contributed by atoms with Crippen LogP contribution in [-0.2, 0) is 11.5 Å². The summed E-state index contributed by atoms with van der Waals surface area (Å²) in [5.41, 5.74) is 8.44. The molecule has 0 unspecified atom stereocenters. The van der Waals surface area contributed by atoms with E-state index in [9.17, 15) is 0 Å². The second-order valence-electron chi connectivity index (χ2n) is 5.66. The first kappa shape index (κ1) is 17.8. The number of thiophene rings is 1. The average Bonchev–Trinajstić information content (AvgIpc) is 2.89. The Kier molecular flexibility index (Phi) is 5.34. The number of nitrogen functional groups attached to an aromatic ring is 1. The molecule has 0 saturated heterocycles. The van der Waals surface area contributed by atoms with E-state index >= 15 is 0 Å². The molecule has 0 spiro atoms. The molecule has 2 heterocycles. The van der Waals surface area contributed by atoms with E-state index in [1.54, 1.807) is 37.3 Å². The van der Waals surface area contributed by atoms with Gasteiger partial charge < -0.3 is 15.2 Å². The minimum Gasteiger partial charge on any atom is -0.497 e. The van der Waals surface area contributed by atoms with Crippen molar-refractivity contribution in [1.29, 1.82) is 0 Å². The summed E-state index contributed by atoms with van der Waals surface area (Å²) in [5, 5.41) is 0.994. The highest BCUT2D eigenvalue weighted by Gasteiger charge is 2.13. The van der Waals surface area contributed by atoms with Gasteiger partial charge >= 0.3 is 0 Å². The smallest absolute Gasteiger partial charge is 0.142 e. The van der Waals surface area contributed by atoms with Gasteiger partial charge in [-0.15, -0.1) is 23.1 Å². The van der Waals surface area contributed by atoms with E-state index in [4.69, 9.17) is 15.2 Å². The molecule has 0 aliphatic rings. The maximum absolute atomic E-state index is 6.14. The fraction of sp³-hybridized carbons (Fsp3) is 0.333. The second-order valence-corrected chi connectivity index (χ2v) is 7.85.